The molecule has 0 saturated carbocycles. The Hall–Kier alpha value is -1.58. The maximum absolute atomic E-state index is 5.84. The highest BCUT2D eigenvalue weighted by atomic mass is 35.5. The van der Waals surface area contributed by atoms with Crippen LogP contribution >= 0.6 is 23.8 Å². The zero-order valence-corrected chi connectivity index (χ0v) is 12.9. The molecule has 2 aromatic rings. The lowest BCUT2D eigenvalue weighted by atomic mass is 10.1. The molecule has 0 fully saturated rings. The summed E-state index contributed by atoms with van der Waals surface area (Å²) < 4.78 is 0. The summed E-state index contributed by atoms with van der Waals surface area (Å²) in [6.45, 7) is 3.50. The van der Waals surface area contributed by atoms with Gasteiger partial charge in [-0.2, -0.15) is 0 Å². The van der Waals surface area contributed by atoms with Gasteiger partial charge in [0.25, 0.3) is 0 Å². The van der Waals surface area contributed by atoms with Gasteiger partial charge in [-0.1, -0.05) is 53.6 Å². The van der Waals surface area contributed by atoms with Gasteiger partial charge in [-0.25, -0.2) is 0 Å². The summed E-state index contributed by atoms with van der Waals surface area (Å²) in [6, 6.07) is 16.1. The summed E-state index contributed by atoms with van der Waals surface area (Å²) in [5.41, 5.74) is 3.62. The average molecular weight is 305 g/mol. The fraction of sp³-hybridized carbons (Fsp3) is 0.188. The number of thiocarbonyl (C=S) groups is 1. The summed E-state index contributed by atoms with van der Waals surface area (Å²) >= 11 is 11.1. The molecule has 2 rings (SSSR count). The number of benzene rings is 2. The van der Waals surface area contributed by atoms with E-state index in [1.807, 2.05) is 24.3 Å². The molecular weight excluding hydrogens is 288 g/mol. The largest absolute Gasteiger partial charge is 0.359 e. The van der Waals surface area contributed by atoms with Gasteiger partial charge in [0.05, 0.1) is 0 Å². The lowest BCUT2D eigenvalue weighted by Crippen LogP contribution is -2.34. The Labute approximate surface area is 130 Å². The smallest absolute Gasteiger partial charge is 0.166 e. The molecule has 0 aromatic heterocycles. The molecule has 0 aliphatic heterocycles. The molecule has 0 atom stereocenters. The Bertz CT molecular complexity index is 513. The molecule has 104 valence electrons. The highest BCUT2D eigenvalue weighted by molar-refractivity contribution is 7.80. The second-order valence-corrected chi connectivity index (χ2v) is 5.49. The molecule has 0 spiro atoms. The van der Waals surface area contributed by atoms with Crippen molar-refractivity contribution >= 4 is 28.9 Å². The molecule has 2 aromatic carbocycles. The Kier molecular flexibility index (Phi) is 5.39. The quantitative estimate of drug-likeness (QED) is 0.840. The second kappa shape index (κ2) is 7.27. The highest BCUT2D eigenvalue weighted by Gasteiger charge is 1.98. The molecule has 20 heavy (non-hydrogen) atoms. The van der Waals surface area contributed by atoms with Crippen LogP contribution in [0.4, 0.5) is 0 Å². The van der Waals surface area contributed by atoms with Crippen molar-refractivity contribution in [2.24, 2.45) is 0 Å². The molecule has 0 unspecified atom stereocenters. The van der Waals surface area contributed by atoms with Gasteiger partial charge in [0.1, 0.15) is 0 Å². The van der Waals surface area contributed by atoms with Crippen LogP contribution in [0.5, 0.6) is 0 Å². The van der Waals surface area contributed by atoms with Gasteiger partial charge in [-0.05, 0) is 42.4 Å². The van der Waals surface area contributed by atoms with Crippen LogP contribution in [-0.4, -0.2) is 5.11 Å². The van der Waals surface area contributed by atoms with Crippen LogP contribution < -0.4 is 10.6 Å². The Balaban J connectivity index is 1.75. The Morgan fingerprint density at radius 3 is 1.85 bits per heavy atom. The molecule has 0 radical (unpaired) electrons. The van der Waals surface area contributed by atoms with Crippen LogP contribution in [0.1, 0.15) is 16.7 Å². The zero-order valence-electron chi connectivity index (χ0n) is 11.3. The van der Waals surface area contributed by atoms with Gasteiger partial charge in [0.2, 0.25) is 0 Å². The van der Waals surface area contributed by atoms with Gasteiger partial charge in [0, 0.05) is 18.1 Å². The van der Waals surface area contributed by atoms with Gasteiger partial charge in [-0.3, -0.25) is 0 Å². The highest BCUT2D eigenvalue weighted by Crippen LogP contribution is 2.09. The summed E-state index contributed by atoms with van der Waals surface area (Å²) in [4.78, 5) is 0. The van der Waals surface area contributed by atoms with Crippen molar-refractivity contribution in [2.45, 2.75) is 20.0 Å². The summed E-state index contributed by atoms with van der Waals surface area (Å²) in [6.07, 6.45) is 0. The van der Waals surface area contributed by atoms with E-state index in [4.69, 9.17) is 23.8 Å². The van der Waals surface area contributed by atoms with E-state index in [1.165, 1.54) is 11.1 Å². The molecule has 0 bridgehead atoms. The minimum Gasteiger partial charge on any atom is -0.359 e. The average Bonchev–Trinajstić information content (AvgIpc) is 2.46. The molecule has 0 heterocycles. The zero-order chi connectivity index (χ0) is 14.4. The molecular formula is C16H17ClN2S. The third-order valence-corrected chi connectivity index (χ3v) is 3.48. The van der Waals surface area contributed by atoms with E-state index in [0.717, 1.165) is 17.1 Å². The third-order valence-electron chi connectivity index (χ3n) is 2.94. The predicted molar refractivity (Wildman–Crippen MR) is 88.9 cm³/mol. The van der Waals surface area contributed by atoms with E-state index < -0.39 is 0 Å². The third kappa shape index (κ3) is 4.83. The Morgan fingerprint density at radius 2 is 1.35 bits per heavy atom. The summed E-state index contributed by atoms with van der Waals surface area (Å²) in [5, 5.41) is 7.77. The molecule has 4 heteroatoms. The first-order chi connectivity index (χ1) is 9.63. The van der Waals surface area contributed by atoms with Gasteiger partial charge in [0.15, 0.2) is 5.11 Å². The molecule has 0 aliphatic rings. The second-order valence-electron chi connectivity index (χ2n) is 4.65. The SMILES string of the molecule is Cc1ccc(CNC(=S)NCc2ccc(Cl)cc2)cc1. The normalized spacial score (nSPS) is 10.1. The number of hydrogen-bond acceptors (Lipinski definition) is 1. The van der Waals surface area contributed by atoms with E-state index >= 15 is 0 Å². The molecule has 0 saturated heterocycles. The van der Waals surface area contributed by atoms with Crippen molar-refractivity contribution in [1.29, 1.82) is 0 Å². The van der Waals surface area contributed by atoms with Crippen molar-refractivity contribution < 1.29 is 0 Å². The number of halogens is 1. The van der Waals surface area contributed by atoms with Crippen molar-refractivity contribution in [3.63, 3.8) is 0 Å². The van der Waals surface area contributed by atoms with Gasteiger partial charge < -0.3 is 10.6 Å². The van der Waals surface area contributed by atoms with Gasteiger partial charge >= 0.3 is 0 Å². The van der Waals surface area contributed by atoms with E-state index in [1.54, 1.807) is 0 Å². The van der Waals surface area contributed by atoms with E-state index in [-0.39, 0.29) is 0 Å². The number of hydrogen-bond donors (Lipinski definition) is 2. The molecule has 0 amide bonds. The fourth-order valence-electron chi connectivity index (χ4n) is 1.74. The first-order valence-electron chi connectivity index (χ1n) is 6.45. The number of aryl methyl sites for hydroxylation is 1. The maximum Gasteiger partial charge on any atom is 0.166 e. The standard InChI is InChI=1S/C16H17ClN2S/c1-12-2-4-13(5-3-12)10-18-16(20)19-11-14-6-8-15(17)9-7-14/h2-9H,10-11H2,1H3,(H2,18,19,20). The first-order valence-corrected chi connectivity index (χ1v) is 7.24. The van der Waals surface area contributed by atoms with Crippen molar-refractivity contribution in [3.8, 4) is 0 Å². The predicted octanol–water partition coefficient (Wildman–Crippen LogP) is 3.81. The lowest BCUT2D eigenvalue weighted by Gasteiger charge is -2.11. The van der Waals surface area contributed by atoms with E-state index in [9.17, 15) is 0 Å². The minimum absolute atomic E-state index is 0.653. The molecule has 0 aliphatic carbocycles. The van der Waals surface area contributed by atoms with Crippen molar-refractivity contribution in [2.75, 3.05) is 0 Å². The molecule has 2 nitrogen and oxygen atoms in total. The topological polar surface area (TPSA) is 24.1 Å². The van der Waals surface area contributed by atoms with Crippen LogP contribution in [0, 0.1) is 6.92 Å². The Morgan fingerprint density at radius 1 is 0.900 bits per heavy atom. The van der Waals surface area contributed by atoms with E-state index in [0.29, 0.717) is 11.7 Å². The van der Waals surface area contributed by atoms with Crippen LogP contribution in [0.3, 0.4) is 0 Å². The van der Waals surface area contributed by atoms with Crippen LogP contribution in [0.2, 0.25) is 5.02 Å². The number of nitrogens with one attached hydrogen (secondary N) is 2. The first kappa shape index (κ1) is 14.8. The van der Waals surface area contributed by atoms with E-state index in [2.05, 4.69) is 41.8 Å². The molecule has 2 N–H and O–H groups in total. The van der Waals surface area contributed by atoms with Crippen molar-refractivity contribution in [1.82, 2.24) is 10.6 Å². The minimum atomic E-state index is 0.653. The monoisotopic (exact) mass is 304 g/mol. The van der Waals surface area contributed by atoms with Crippen LogP contribution in [0.25, 0.3) is 0 Å². The van der Waals surface area contributed by atoms with Crippen LogP contribution in [-0.2, 0) is 13.1 Å². The fourth-order valence-corrected chi connectivity index (χ4v) is 2.01. The van der Waals surface area contributed by atoms with Crippen LogP contribution in [0.15, 0.2) is 48.5 Å². The summed E-state index contributed by atoms with van der Waals surface area (Å²) in [7, 11) is 0. The summed E-state index contributed by atoms with van der Waals surface area (Å²) in [5.74, 6) is 0. The van der Waals surface area contributed by atoms with Gasteiger partial charge in [-0.15, -0.1) is 0 Å². The lowest BCUT2D eigenvalue weighted by molar-refractivity contribution is 0.833. The maximum atomic E-state index is 5.84. The van der Waals surface area contributed by atoms with Crippen molar-refractivity contribution in [3.05, 3.63) is 70.2 Å². The number of rotatable bonds is 4.